The molecule has 0 aromatic heterocycles. The predicted molar refractivity (Wildman–Crippen MR) is 91.7 cm³/mol. The Bertz CT molecular complexity index is 425. The topological polar surface area (TPSA) is 24.1 Å². The Morgan fingerprint density at radius 2 is 2.05 bits per heavy atom. The van der Waals surface area contributed by atoms with Crippen molar-refractivity contribution in [2.24, 2.45) is 5.41 Å². The van der Waals surface area contributed by atoms with Crippen molar-refractivity contribution in [3.8, 4) is 0 Å². The third-order valence-corrected chi connectivity index (χ3v) is 4.62. The first-order valence-corrected chi connectivity index (χ1v) is 8.64. The molecule has 0 radical (unpaired) electrons. The quantitative estimate of drug-likeness (QED) is 0.705. The highest BCUT2D eigenvalue weighted by Crippen LogP contribution is 2.24. The molecule has 2 heteroatoms. The number of fused-ring (bicyclic) bond motifs is 1. The molecule has 0 fully saturated rings. The maximum Gasteiger partial charge on any atom is 0.0449 e. The van der Waals surface area contributed by atoms with Crippen LogP contribution >= 0.6 is 0 Å². The summed E-state index contributed by atoms with van der Waals surface area (Å²) in [5.74, 6) is 0. The first-order valence-electron chi connectivity index (χ1n) is 8.64. The molecule has 2 nitrogen and oxygen atoms in total. The van der Waals surface area contributed by atoms with E-state index in [1.54, 1.807) is 0 Å². The van der Waals surface area contributed by atoms with Crippen molar-refractivity contribution in [2.75, 3.05) is 19.6 Å². The molecule has 1 unspecified atom stereocenters. The Kier molecular flexibility index (Phi) is 6.25. The van der Waals surface area contributed by atoms with Crippen molar-refractivity contribution in [3.63, 3.8) is 0 Å². The van der Waals surface area contributed by atoms with E-state index >= 15 is 0 Å². The van der Waals surface area contributed by atoms with Gasteiger partial charge in [0, 0.05) is 19.1 Å². The maximum absolute atomic E-state index is 3.70. The largest absolute Gasteiger partial charge is 0.314 e. The predicted octanol–water partition coefficient (Wildman–Crippen LogP) is 4.07. The zero-order valence-corrected chi connectivity index (χ0v) is 14.0. The van der Waals surface area contributed by atoms with Crippen LogP contribution in [0.5, 0.6) is 0 Å². The second kappa shape index (κ2) is 7.95. The molecule has 2 rings (SSSR count). The van der Waals surface area contributed by atoms with E-state index in [2.05, 4.69) is 55.7 Å². The van der Waals surface area contributed by atoms with Crippen molar-refractivity contribution >= 4 is 0 Å². The third-order valence-electron chi connectivity index (χ3n) is 4.62. The van der Waals surface area contributed by atoms with Gasteiger partial charge in [-0.1, -0.05) is 64.3 Å². The van der Waals surface area contributed by atoms with E-state index in [0.29, 0.717) is 11.5 Å². The maximum atomic E-state index is 3.70. The van der Waals surface area contributed by atoms with Crippen molar-refractivity contribution < 1.29 is 0 Å². The second-order valence-corrected chi connectivity index (χ2v) is 7.21. The Labute approximate surface area is 130 Å². The molecule has 0 saturated heterocycles. The van der Waals surface area contributed by atoms with E-state index in [9.17, 15) is 0 Å². The van der Waals surface area contributed by atoms with E-state index in [1.807, 2.05) is 0 Å². The molecule has 21 heavy (non-hydrogen) atoms. The summed E-state index contributed by atoms with van der Waals surface area (Å²) in [6, 6.07) is 9.35. The van der Waals surface area contributed by atoms with Crippen LogP contribution in [0, 0.1) is 5.41 Å². The van der Waals surface area contributed by atoms with Gasteiger partial charge in [-0.3, -0.25) is 0 Å². The molecule has 2 N–H and O–H groups in total. The van der Waals surface area contributed by atoms with E-state index < -0.39 is 0 Å². The molecule has 0 amide bonds. The molecule has 0 spiro atoms. The highest BCUT2D eigenvalue weighted by Gasteiger charge is 2.21. The van der Waals surface area contributed by atoms with Gasteiger partial charge >= 0.3 is 0 Å². The van der Waals surface area contributed by atoms with E-state index in [-0.39, 0.29) is 0 Å². The standard InChI is InChI=1S/C19H32N2/c1-4-5-8-12-19(2,3)15-20-14-18-17-10-7-6-9-16(17)11-13-21-18/h6-7,9-10,18,20-21H,4-5,8,11-15H2,1-3H3. The minimum Gasteiger partial charge on any atom is -0.314 e. The van der Waals surface area contributed by atoms with E-state index in [1.165, 1.54) is 36.8 Å². The lowest BCUT2D eigenvalue weighted by atomic mass is 9.86. The first kappa shape index (κ1) is 16.5. The van der Waals surface area contributed by atoms with Crippen molar-refractivity contribution in [1.82, 2.24) is 10.6 Å². The van der Waals surface area contributed by atoms with Crippen LogP contribution < -0.4 is 10.6 Å². The molecule has 1 atom stereocenters. The van der Waals surface area contributed by atoms with Crippen LogP contribution in [0.25, 0.3) is 0 Å². The highest BCUT2D eigenvalue weighted by atomic mass is 15.0. The van der Waals surface area contributed by atoms with Gasteiger partial charge in [0.25, 0.3) is 0 Å². The lowest BCUT2D eigenvalue weighted by molar-refractivity contribution is 0.295. The Hall–Kier alpha value is -0.860. The van der Waals surface area contributed by atoms with Crippen LogP contribution in [0.1, 0.15) is 63.6 Å². The summed E-state index contributed by atoms with van der Waals surface area (Å²) in [6.45, 7) is 10.3. The van der Waals surface area contributed by atoms with E-state index in [4.69, 9.17) is 0 Å². The molecular weight excluding hydrogens is 256 g/mol. The summed E-state index contributed by atoms with van der Waals surface area (Å²) in [7, 11) is 0. The van der Waals surface area contributed by atoms with Gasteiger partial charge in [0.1, 0.15) is 0 Å². The fraction of sp³-hybridized carbons (Fsp3) is 0.684. The summed E-state index contributed by atoms with van der Waals surface area (Å²) in [4.78, 5) is 0. The minimum absolute atomic E-state index is 0.406. The number of rotatable bonds is 8. The lowest BCUT2D eigenvalue weighted by Crippen LogP contribution is -2.39. The molecule has 1 aliphatic rings. The van der Waals surface area contributed by atoms with Crippen LogP contribution in [0.3, 0.4) is 0 Å². The number of unbranched alkanes of at least 4 members (excludes halogenated alkanes) is 2. The Morgan fingerprint density at radius 3 is 2.86 bits per heavy atom. The number of hydrogen-bond acceptors (Lipinski definition) is 2. The Balaban J connectivity index is 1.79. The van der Waals surface area contributed by atoms with Crippen molar-refractivity contribution in [3.05, 3.63) is 35.4 Å². The summed E-state index contributed by atoms with van der Waals surface area (Å²) < 4.78 is 0. The van der Waals surface area contributed by atoms with Gasteiger partial charge in [-0.15, -0.1) is 0 Å². The average molecular weight is 288 g/mol. The monoisotopic (exact) mass is 288 g/mol. The fourth-order valence-corrected chi connectivity index (χ4v) is 3.27. The third kappa shape index (κ3) is 5.12. The zero-order valence-electron chi connectivity index (χ0n) is 14.0. The van der Waals surface area contributed by atoms with Crippen LogP contribution in [-0.2, 0) is 6.42 Å². The normalized spacial score (nSPS) is 18.5. The van der Waals surface area contributed by atoms with Gasteiger partial charge in [0.2, 0.25) is 0 Å². The summed E-state index contributed by atoms with van der Waals surface area (Å²) in [5.41, 5.74) is 3.41. The molecule has 1 aromatic rings. The summed E-state index contributed by atoms with van der Waals surface area (Å²) >= 11 is 0. The molecule has 1 aliphatic heterocycles. The second-order valence-electron chi connectivity index (χ2n) is 7.21. The SMILES string of the molecule is CCCCCC(C)(C)CNCC1NCCc2ccccc21. The smallest absolute Gasteiger partial charge is 0.0449 e. The first-order chi connectivity index (χ1) is 10.1. The van der Waals surface area contributed by atoms with Crippen LogP contribution in [-0.4, -0.2) is 19.6 Å². The van der Waals surface area contributed by atoms with E-state index in [0.717, 1.165) is 26.1 Å². The lowest BCUT2D eigenvalue weighted by Gasteiger charge is -2.30. The van der Waals surface area contributed by atoms with Gasteiger partial charge in [0.05, 0.1) is 0 Å². The fourth-order valence-electron chi connectivity index (χ4n) is 3.27. The van der Waals surface area contributed by atoms with Crippen LogP contribution in [0.15, 0.2) is 24.3 Å². The molecule has 0 aliphatic carbocycles. The summed E-state index contributed by atoms with van der Waals surface area (Å²) in [6.07, 6.45) is 6.51. The molecule has 1 heterocycles. The minimum atomic E-state index is 0.406. The number of nitrogens with one attached hydrogen (secondary N) is 2. The van der Waals surface area contributed by atoms with Gasteiger partial charge in [-0.2, -0.15) is 0 Å². The molecule has 0 bridgehead atoms. The molecule has 1 aromatic carbocycles. The van der Waals surface area contributed by atoms with Gasteiger partial charge in [0.15, 0.2) is 0 Å². The van der Waals surface area contributed by atoms with Crippen LogP contribution in [0.2, 0.25) is 0 Å². The number of hydrogen-bond donors (Lipinski definition) is 2. The Morgan fingerprint density at radius 1 is 1.24 bits per heavy atom. The van der Waals surface area contributed by atoms with Gasteiger partial charge < -0.3 is 10.6 Å². The van der Waals surface area contributed by atoms with Crippen LogP contribution in [0.4, 0.5) is 0 Å². The molecule has 118 valence electrons. The highest BCUT2D eigenvalue weighted by molar-refractivity contribution is 5.32. The zero-order chi connectivity index (χ0) is 15.1. The van der Waals surface area contributed by atoms with Gasteiger partial charge in [-0.25, -0.2) is 0 Å². The number of benzene rings is 1. The van der Waals surface area contributed by atoms with Crippen molar-refractivity contribution in [1.29, 1.82) is 0 Å². The average Bonchev–Trinajstić information content (AvgIpc) is 2.47. The van der Waals surface area contributed by atoms with Gasteiger partial charge in [-0.05, 0) is 35.9 Å². The summed E-state index contributed by atoms with van der Waals surface area (Å²) in [5, 5.41) is 7.35. The van der Waals surface area contributed by atoms with Crippen molar-refractivity contribution in [2.45, 2.75) is 58.9 Å². The molecular formula is C19H32N2. The molecule has 0 saturated carbocycles.